The molecule has 0 saturated carbocycles. The van der Waals surface area contributed by atoms with Gasteiger partial charge in [0.05, 0.1) is 13.2 Å². The van der Waals surface area contributed by atoms with Crippen molar-refractivity contribution in [2.45, 2.75) is 4.90 Å². The molecule has 132 valence electrons. The Labute approximate surface area is 146 Å². The molecule has 7 nitrogen and oxygen atoms in total. The zero-order chi connectivity index (χ0) is 17.6. The number of carbonyl (C=O) groups excluding carboxylic acids is 1. The monoisotopic (exact) mass is 374 g/mol. The van der Waals surface area contributed by atoms with Gasteiger partial charge < -0.3 is 14.8 Å². The Balaban J connectivity index is 2.20. The fourth-order valence-corrected chi connectivity index (χ4v) is 3.91. The van der Waals surface area contributed by atoms with Gasteiger partial charge in [-0.1, -0.05) is 17.7 Å². The zero-order valence-electron chi connectivity index (χ0n) is 13.0. The van der Waals surface area contributed by atoms with Gasteiger partial charge in [-0.3, -0.25) is 4.79 Å². The predicted molar refractivity (Wildman–Crippen MR) is 89.7 cm³/mol. The predicted octanol–water partition coefficient (Wildman–Crippen LogP) is 1.04. The van der Waals surface area contributed by atoms with Crippen molar-refractivity contribution in [2.24, 2.45) is 0 Å². The number of rotatable bonds is 7. The van der Waals surface area contributed by atoms with Crippen molar-refractivity contribution in [1.29, 1.82) is 0 Å². The maximum absolute atomic E-state index is 12.8. The van der Waals surface area contributed by atoms with Crippen LogP contribution in [-0.2, 0) is 19.6 Å². The van der Waals surface area contributed by atoms with Gasteiger partial charge in [-0.2, -0.15) is 4.31 Å². The highest BCUT2D eigenvalue weighted by Gasteiger charge is 2.29. The number of ether oxygens (including phenoxy) is 2. The third kappa shape index (κ3) is 4.70. The average molecular weight is 375 g/mol. The standard InChI is InChI=1S/C15H19ClN2O5S/c1-2-5-17-15(19)11-23-13-4-3-12(16)10-14(13)24(20,21)18-6-8-22-9-7-18/h2-4,10H,1,5-9,11H2,(H,17,19). The Bertz CT molecular complexity index is 702. The number of hydrogen-bond donors (Lipinski definition) is 1. The highest BCUT2D eigenvalue weighted by atomic mass is 35.5. The molecule has 1 aliphatic heterocycles. The van der Waals surface area contributed by atoms with Gasteiger partial charge in [-0.25, -0.2) is 8.42 Å². The minimum absolute atomic E-state index is 0.0616. The van der Waals surface area contributed by atoms with Crippen LogP contribution in [0.2, 0.25) is 5.02 Å². The second kappa shape index (κ2) is 8.48. The number of halogens is 1. The van der Waals surface area contributed by atoms with Crippen LogP contribution in [0.15, 0.2) is 35.7 Å². The molecule has 0 aromatic heterocycles. The molecule has 24 heavy (non-hydrogen) atoms. The molecule has 1 saturated heterocycles. The number of amides is 1. The second-order valence-electron chi connectivity index (χ2n) is 4.99. The van der Waals surface area contributed by atoms with Crippen LogP contribution in [0.1, 0.15) is 0 Å². The van der Waals surface area contributed by atoms with E-state index in [-0.39, 0.29) is 41.3 Å². The molecule has 0 atom stereocenters. The molecule has 2 rings (SSSR count). The van der Waals surface area contributed by atoms with Crippen molar-refractivity contribution in [3.63, 3.8) is 0 Å². The minimum Gasteiger partial charge on any atom is -0.482 e. The largest absolute Gasteiger partial charge is 0.482 e. The van der Waals surface area contributed by atoms with Gasteiger partial charge >= 0.3 is 0 Å². The number of morpholine rings is 1. The maximum atomic E-state index is 12.8. The summed E-state index contributed by atoms with van der Waals surface area (Å²) in [5, 5.41) is 2.82. The molecule has 1 aliphatic rings. The first kappa shape index (κ1) is 18.7. The summed E-state index contributed by atoms with van der Waals surface area (Å²) in [6.07, 6.45) is 1.54. The molecular formula is C15H19ClN2O5S. The topological polar surface area (TPSA) is 84.9 Å². The van der Waals surface area contributed by atoms with Crippen LogP contribution in [0.5, 0.6) is 5.75 Å². The summed E-state index contributed by atoms with van der Waals surface area (Å²) in [6, 6.07) is 4.27. The van der Waals surface area contributed by atoms with E-state index >= 15 is 0 Å². The van der Waals surface area contributed by atoms with Crippen LogP contribution in [0.4, 0.5) is 0 Å². The van der Waals surface area contributed by atoms with Gasteiger partial charge in [0.2, 0.25) is 10.0 Å². The second-order valence-corrected chi connectivity index (χ2v) is 7.33. The van der Waals surface area contributed by atoms with Crippen molar-refractivity contribution >= 4 is 27.5 Å². The summed E-state index contributed by atoms with van der Waals surface area (Å²) in [5.74, 6) is -0.292. The first-order valence-electron chi connectivity index (χ1n) is 7.33. The lowest BCUT2D eigenvalue weighted by Crippen LogP contribution is -2.40. The van der Waals surface area contributed by atoms with E-state index < -0.39 is 10.0 Å². The number of nitrogens with zero attached hydrogens (tertiary/aromatic N) is 1. The number of nitrogens with one attached hydrogen (secondary N) is 1. The highest BCUT2D eigenvalue weighted by Crippen LogP contribution is 2.30. The minimum atomic E-state index is -3.78. The molecule has 0 spiro atoms. The van der Waals surface area contributed by atoms with Crippen molar-refractivity contribution in [3.8, 4) is 5.75 Å². The first-order chi connectivity index (χ1) is 11.4. The lowest BCUT2D eigenvalue weighted by Gasteiger charge is -2.26. The fourth-order valence-electron chi connectivity index (χ4n) is 2.11. The van der Waals surface area contributed by atoms with Gasteiger partial charge in [0.15, 0.2) is 6.61 Å². The molecule has 1 fully saturated rings. The number of sulfonamides is 1. The Morgan fingerprint density at radius 3 is 2.79 bits per heavy atom. The molecule has 1 aromatic carbocycles. The quantitative estimate of drug-likeness (QED) is 0.721. The summed E-state index contributed by atoms with van der Waals surface area (Å²) in [5.41, 5.74) is 0. The average Bonchev–Trinajstić information content (AvgIpc) is 2.59. The van der Waals surface area contributed by atoms with Gasteiger partial charge in [-0.15, -0.1) is 6.58 Å². The normalized spacial score (nSPS) is 15.7. The number of hydrogen-bond acceptors (Lipinski definition) is 5. The molecule has 1 amide bonds. The molecule has 0 unspecified atom stereocenters. The summed E-state index contributed by atoms with van der Waals surface area (Å²) >= 11 is 5.94. The smallest absolute Gasteiger partial charge is 0.258 e. The summed E-state index contributed by atoms with van der Waals surface area (Å²) in [4.78, 5) is 11.6. The Morgan fingerprint density at radius 2 is 2.12 bits per heavy atom. The van der Waals surface area contributed by atoms with Gasteiger partial charge in [0.25, 0.3) is 5.91 Å². The number of carbonyl (C=O) groups is 1. The Kier molecular flexibility index (Phi) is 6.61. The van der Waals surface area contributed by atoms with E-state index in [0.717, 1.165) is 0 Å². The summed E-state index contributed by atoms with van der Waals surface area (Å²) < 4.78 is 37.5. The van der Waals surface area contributed by atoms with E-state index in [1.165, 1.54) is 28.6 Å². The molecule has 1 aromatic rings. The van der Waals surface area contributed by atoms with Crippen LogP contribution in [0.25, 0.3) is 0 Å². The molecule has 0 bridgehead atoms. The van der Waals surface area contributed by atoms with Crippen molar-refractivity contribution in [2.75, 3.05) is 39.5 Å². The van der Waals surface area contributed by atoms with Gasteiger partial charge in [0.1, 0.15) is 10.6 Å². The van der Waals surface area contributed by atoms with Crippen molar-refractivity contribution in [1.82, 2.24) is 9.62 Å². The lowest BCUT2D eigenvalue weighted by molar-refractivity contribution is -0.122. The third-order valence-corrected chi connectivity index (χ3v) is 5.45. The van der Waals surface area contributed by atoms with E-state index in [1.54, 1.807) is 0 Å². The van der Waals surface area contributed by atoms with Gasteiger partial charge in [0, 0.05) is 24.7 Å². The first-order valence-corrected chi connectivity index (χ1v) is 9.15. The lowest BCUT2D eigenvalue weighted by atomic mass is 10.3. The van der Waals surface area contributed by atoms with Crippen molar-refractivity contribution in [3.05, 3.63) is 35.9 Å². The van der Waals surface area contributed by atoms with Crippen molar-refractivity contribution < 1.29 is 22.7 Å². The van der Waals surface area contributed by atoms with Crippen LogP contribution >= 0.6 is 11.6 Å². The molecule has 1 heterocycles. The van der Waals surface area contributed by atoms with Crippen LogP contribution in [-0.4, -0.2) is 58.1 Å². The van der Waals surface area contributed by atoms with E-state index in [2.05, 4.69) is 11.9 Å². The van der Waals surface area contributed by atoms with Crippen LogP contribution in [0, 0.1) is 0 Å². The maximum Gasteiger partial charge on any atom is 0.258 e. The zero-order valence-corrected chi connectivity index (χ0v) is 14.6. The van der Waals surface area contributed by atoms with E-state index in [4.69, 9.17) is 21.1 Å². The Morgan fingerprint density at radius 1 is 1.42 bits per heavy atom. The fraction of sp³-hybridized carbons (Fsp3) is 0.400. The molecule has 0 aliphatic carbocycles. The number of benzene rings is 1. The highest BCUT2D eigenvalue weighted by molar-refractivity contribution is 7.89. The Hall–Kier alpha value is -1.61. The van der Waals surface area contributed by atoms with E-state index in [9.17, 15) is 13.2 Å². The summed E-state index contributed by atoms with van der Waals surface area (Å²) in [6.45, 7) is 4.68. The summed E-state index contributed by atoms with van der Waals surface area (Å²) in [7, 11) is -3.78. The third-order valence-electron chi connectivity index (χ3n) is 3.30. The van der Waals surface area contributed by atoms with Gasteiger partial charge in [-0.05, 0) is 18.2 Å². The van der Waals surface area contributed by atoms with E-state index in [0.29, 0.717) is 19.8 Å². The van der Waals surface area contributed by atoms with Crippen LogP contribution in [0.3, 0.4) is 0 Å². The molecule has 0 radical (unpaired) electrons. The molecule has 1 N–H and O–H groups in total. The van der Waals surface area contributed by atoms with Crippen LogP contribution < -0.4 is 10.1 Å². The molecule has 9 heteroatoms. The molecular weight excluding hydrogens is 356 g/mol. The van der Waals surface area contributed by atoms with E-state index in [1.807, 2.05) is 0 Å². The SMILES string of the molecule is C=CCNC(=O)COc1ccc(Cl)cc1S(=O)(=O)N1CCOCC1.